The van der Waals surface area contributed by atoms with Crippen molar-refractivity contribution in [3.05, 3.63) is 0 Å². The fraction of sp³-hybridized carbons (Fsp3) is 0.750. The zero-order valence-corrected chi connectivity index (χ0v) is 3.65. The van der Waals surface area contributed by atoms with Gasteiger partial charge in [0.2, 0.25) is 0 Å². The van der Waals surface area contributed by atoms with Crippen molar-refractivity contribution < 1.29 is 9.18 Å². The van der Waals surface area contributed by atoms with Gasteiger partial charge in [-0.15, -0.1) is 0 Å². The Morgan fingerprint density at radius 1 is 1.86 bits per heavy atom. The summed E-state index contributed by atoms with van der Waals surface area (Å²) in [5.74, 6) is 0. The van der Waals surface area contributed by atoms with E-state index in [9.17, 15) is 9.18 Å². The van der Waals surface area contributed by atoms with Crippen LogP contribution in [0.4, 0.5) is 4.39 Å². The van der Waals surface area contributed by atoms with Gasteiger partial charge in [0.25, 0.3) is 0 Å². The Morgan fingerprint density at radius 2 is 2.43 bits per heavy atom. The maximum absolute atomic E-state index is 11.7. The number of hydrogen-bond donors (Lipinski definition) is 1. The third-order valence-electron chi connectivity index (χ3n) is 0.957. The van der Waals surface area contributed by atoms with Crippen LogP contribution in [-0.4, -0.2) is 18.6 Å². The molecule has 1 aliphatic carbocycles. The minimum absolute atomic E-state index is 0.225. The smallest absolute Gasteiger partial charge is 0.309 e. The summed E-state index contributed by atoms with van der Waals surface area (Å²) in [4.78, 5) is 9.40. The van der Waals surface area contributed by atoms with Crippen LogP contribution in [0.2, 0.25) is 0 Å². The van der Waals surface area contributed by atoms with Crippen LogP contribution in [-0.2, 0) is 4.79 Å². The number of carbonyl (C=O) groups excluding carboxylic acids is 1. The summed E-state index contributed by atoms with van der Waals surface area (Å²) in [7, 11) is 0. The van der Waals surface area contributed by atoms with E-state index in [2.05, 4.69) is 5.32 Å². The summed E-state index contributed by atoms with van der Waals surface area (Å²) >= 11 is 0. The molecule has 0 heterocycles. The first-order valence-corrected chi connectivity index (χ1v) is 2.11. The first-order valence-electron chi connectivity index (χ1n) is 2.11. The quantitative estimate of drug-likeness (QED) is 0.479. The standard InChI is InChI=1S/C4H5FNO/c5-3-1-4(3)6-2-7/h3-4H,1H2,(H,6,7)/t3-,4-/m1/s1. The fourth-order valence-electron chi connectivity index (χ4n) is 0.389. The highest BCUT2D eigenvalue weighted by atomic mass is 19.1. The molecule has 0 unspecified atom stereocenters. The van der Waals surface area contributed by atoms with Gasteiger partial charge < -0.3 is 5.32 Å². The molecule has 1 radical (unpaired) electrons. The minimum atomic E-state index is -0.804. The second kappa shape index (κ2) is 1.48. The molecule has 0 aromatic carbocycles. The average molecular weight is 102 g/mol. The number of alkyl halides is 1. The van der Waals surface area contributed by atoms with Crippen LogP contribution in [0.1, 0.15) is 6.42 Å². The van der Waals surface area contributed by atoms with E-state index in [-0.39, 0.29) is 6.04 Å². The zero-order chi connectivity index (χ0) is 5.28. The SMILES string of the molecule is O=[C]N[C@@H]1C[C@H]1F. The van der Waals surface area contributed by atoms with Crippen molar-refractivity contribution in [2.45, 2.75) is 18.6 Å². The molecule has 1 aliphatic rings. The maximum atomic E-state index is 11.7. The normalized spacial score (nSPS) is 37.3. The van der Waals surface area contributed by atoms with E-state index in [0.29, 0.717) is 6.42 Å². The third kappa shape index (κ3) is 0.885. The summed E-state index contributed by atoms with van der Waals surface area (Å²) in [6.07, 6.45) is 1.08. The van der Waals surface area contributed by atoms with E-state index in [0.717, 1.165) is 0 Å². The van der Waals surface area contributed by atoms with Crippen molar-refractivity contribution in [2.24, 2.45) is 0 Å². The highest BCUT2D eigenvalue weighted by Crippen LogP contribution is 2.23. The number of hydrogen-bond acceptors (Lipinski definition) is 1. The molecule has 0 aromatic rings. The highest BCUT2D eigenvalue weighted by molar-refractivity contribution is 5.48. The number of amides is 1. The van der Waals surface area contributed by atoms with E-state index in [1.807, 2.05) is 0 Å². The van der Waals surface area contributed by atoms with E-state index < -0.39 is 6.17 Å². The van der Waals surface area contributed by atoms with E-state index in [1.54, 1.807) is 0 Å². The summed E-state index contributed by atoms with van der Waals surface area (Å²) in [6.45, 7) is 0. The van der Waals surface area contributed by atoms with Crippen LogP contribution < -0.4 is 5.32 Å². The highest BCUT2D eigenvalue weighted by Gasteiger charge is 2.36. The van der Waals surface area contributed by atoms with Gasteiger partial charge in [-0.1, -0.05) is 0 Å². The molecular weight excluding hydrogens is 97.0 g/mol. The Balaban J connectivity index is 2.08. The van der Waals surface area contributed by atoms with Crippen molar-refractivity contribution in [1.29, 1.82) is 0 Å². The molecule has 1 rings (SSSR count). The second-order valence-corrected chi connectivity index (χ2v) is 1.60. The van der Waals surface area contributed by atoms with Crippen molar-refractivity contribution in [2.75, 3.05) is 0 Å². The Labute approximate surface area is 40.7 Å². The van der Waals surface area contributed by atoms with Crippen LogP contribution in [0, 0.1) is 0 Å². The lowest BCUT2D eigenvalue weighted by Crippen LogP contribution is -2.15. The molecule has 0 saturated heterocycles. The van der Waals surface area contributed by atoms with Crippen LogP contribution >= 0.6 is 0 Å². The Kier molecular flexibility index (Phi) is 0.964. The van der Waals surface area contributed by atoms with Crippen molar-refractivity contribution >= 4 is 6.41 Å². The topological polar surface area (TPSA) is 29.1 Å². The Bertz CT molecular complexity index is 85.8. The predicted molar refractivity (Wildman–Crippen MR) is 22.1 cm³/mol. The minimum Gasteiger partial charge on any atom is -0.342 e. The van der Waals surface area contributed by atoms with E-state index in [4.69, 9.17) is 0 Å². The van der Waals surface area contributed by atoms with Gasteiger partial charge in [0.1, 0.15) is 6.17 Å². The van der Waals surface area contributed by atoms with Gasteiger partial charge in [0, 0.05) is 6.42 Å². The molecule has 3 heteroatoms. The van der Waals surface area contributed by atoms with Crippen LogP contribution in [0.3, 0.4) is 0 Å². The monoisotopic (exact) mass is 102 g/mol. The van der Waals surface area contributed by atoms with Gasteiger partial charge in [-0.05, 0) is 0 Å². The Hall–Kier alpha value is -0.600. The fourth-order valence-corrected chi connectivity index (χ4v) is 0.389. The molecule has 0 aromatic heterocycles. The van der Waals surface area contributed by atoms with Crippen LogP contribution in [0.5, 0.6) is 0 Å². The first-order chi connectivity index (χ1) is 3.34. The molecule has 0 aliphatic heterocycles. The lowest BCUT2D eigenvalue weighted by molar-refractivity contribution is 0.455. The molecule has 2 atom stereocenters. The molecule has 1 saturated carbocycles. The number of halogens is 1. The number of rotatable bonds is 2. The van der Waals surface area contributed by atoms with Gasteiger partial charge >= 0.3 is 6.41 Å². The first kappa shape index (κ1) is 4.56. The summed E-state index contributed by atoms with van der Waals surface area (Å²) in [6, 6.07) is -0.225. The largest absolute Gasteiger partial charge is 0.342 e. The molecule has 39 valence electrons. The predicted octanol–water partition coefficient (Wildman–Crippen LogP) is -0.246. The van der Waals surface area contributed by atoms with Gasteiger partial charge in [0.15, 0.2) is 0 Å². The number of nitrogens with one attached hydrogen (secondary N) is 1. The van der Waals surface area contributed by atoms with E-state index >= 15 is 0 Å². The maximum Gasteiger partial charge on any atom is 0.309 e. The summed E-state index contributed by atoms with van der Waals surface area (Å²) in [5, 5.41) is 2.19. The second-order valence-electron chi connectivity index (χ2n) is 1.60. The molecule has 0 bridgehead atoms. The van der Waals surface area contributed by atoms with Crippen molar-refractivity contribution in [3.8, 4) is 0 Å². The summed E-state index contributed by atoms with van der Waals surface area (Å²) < 4.78 is 11.7. The van der Waals surface area contributed by atoms with Gasteiger partial charge in [-0.2, -0.15) is 0 Å². The average Bonchev–Trinajstić information content (AvgIpc) is 2.22. The molecule has 7 heavy (non-hydrogen) atoms. The molecule has 2 nitrogen and oxygen atoms in total. The lowest BCUT2D eigenvalue weighted by Gasteiger charge is -1.82. The van der Waals surface area contributed by atoms with Crippen LogP contribution in [0.15, 0.2) is 0 Å². The Morgan fingerprint density at radius 3 is 2.57 bits per heavy atom. The lowest BCUT2D eigenvalue weighted by atomic mass is 10.7. The summed E-state index contributed by atoms with van der Waals surface area (Å²) in [5.41, 5.74) is 0. The van der Waals surface area contributed by atoms with Gasteiger partial charge in [0.05, 0.1) is 6.04 Å². The molecule has 1 fully saturated rings. The van der Waals surface area contributed by atoms with E-state index in [1.165, 1.54) is 6.41 Å². The van der Waals surface area contributed by atoms with Gasteiger partial charge in [-0.25, -0.2) is 4.39 Å². The molecule has 1 N–H and O–H groups in total. The van der Waals surface area contributed by atoms with Gasteiger partial charge in [-0.3, -0.25) is 4.79 Å². The van der Waals surface area contributed by atoms with Crippen molar-refractivity contribution in [1.82, 2.24) is 5.32 Å². The molecular formula is C4H5FNO. The van der Waals surface area contributed by atoms with Crippen molar-refractivity contribution in [3.63, 3.8) is 0 Å². The zero-order valence-electron chi connectivity index (χ0n) is 3.65. The third-order valence-corrected chi connectivity index (χ3v) is 0.957. The molecule has 0 spiro atoms. The van der Waals surface area contributed by atoms with Crippen LogP contribution in [0.25, 0.3) is 0 Å². The molecule has 1 amide bonds.